The largest absolute Gasteiger partial charge is 0.361 e. The van der Waals surface area contributed by atoms with E-state index < -0.39 is 0 Å². The molecule has 1 N–H and O–H groups in total. The molecule has 2 rings (SSSR count). The van der Waals surface area contributed by atoms with Crippen molar-refractivity contribution in [3.63, 3.8) is 0 Å². The molecular formula is C17H25N. The molecule has 0 bridgehead atoms. The Morgan fingerprint density at radius 2 is 2.00 bits per heavy atom. The average Bonchev–Trinajstić information content (AvgIpc) is 2.85. The minimum Gasteiger partial charge on any atom is -0.361 e. The van der Waals surface area contributed by atoms with Gasteiger partial charge in [0, 0.05) is 17.1 Å². The number of hydrogen-bond acceptors (Lipinski definition) is 0. The van der Waals surface area contributed by atoms with Gasteiger partial charge in [0.1, 0.15) is 0 Å². The zero-order valence-corrected chi connectivity index (χ0v) is 11.9. The fourth-order valence-electron chi connectivity index (χ4n) is 2.38. The van der Waals surface area contributed by atoms with Crippen molar-refractivity contribution in [2.75, 3.05) is 0 Å². The van der Waals surface area contributed by atoms with Crippen molar-refractivity contribution in [1.82, 2.24) is 4.98 Å². The van der Waals surface area contributed by atoms with Crippen LogP contribution in [0, 0.1) is 0 Å². The van der Waals surface area contributed by atoms with Gasteiger partial charge in [0.05, 0.1) is 0 Å². The molecule has 0 saturated carbocycles. The molecule has 0 spiro atoms. The highest BCUT2D eigenvalue weighted by Gasteiger charge is 2.13. The highest BCUT2D eigenvalue weighted by Crippen LogP contribution is 2.31. The van der Waals surface area contributed by atoms with E-state index in [4.69, 9.17) is 0 Å². The second-order valence-electron chi connectivity index (χ2n) is 4.30. The second-order valence-corrected chi connectivity index (χ2v) is 4.30. The van der Waals surface area contributed by atoms with E-state index in [1.807, 2.05) is 19.9 Å². The molecule has 0 aliphatic carbocycles. The van der Waals surface area contributed by atoms with Gasteiger partial charge in [0.15, 0.2) is 0 Å². The van der Waals surface area contributed by atoms with E-state index in [0.717, 1.165) is 6.42 Å². The fourth-order valence-corrected chi connectivity index (χ4v) is 2.38. The predicted octanol–water partition coefficient (Wildman–Crippen LogP) is 5.65. The van der Waals surface area contributed by atoms with Gasteiger partial charge < -0.3 is 4.98 Å². The Kier molecular flexibility index (Phi) is 6.27. The first-order valence-corrected chi connectivity index (χ1v) is 7.03. The first-order chi connectivity index (χ1) is 8.86. The summed E-state index contributed by atoms with van der Waals surface area (Å²) in [4.78, 5) is 3.35. The number of hydrogen-bond donors (Lipinski definition) is 1. The van der Waals surface area contributed by atoms with Crippen molar-refractivity contribution in [2.45, 2.75) is 46.0 Å². The Morgan fingerprint density at radius 1 is 1.28 bits per heavy atom. The van der Waals surface area contributed by atoms with Crippen LogP contribution in [0.3, 0.4) is 0 Å². The molecule has 1 unspecified atom stereocenters. The lowest BCUT2D eigenvalue weighted by atomic mass is 9.91. The van der Waals surface area contributed by atoms with Gasteiger partial charge in [-0.05, 0) is 30.4 Å². The number of aromatic nitrogens is 1. The van der Waals surface area contributed by atoms with Gasteiger partial charge in [-0.2, -0.15) is 0 Å². The lowest BCUT2D eigenvalue weighted by Crippen LogP contribution is -1.95. The van der Waals surface area contributed by atoms with Crippen molar-refractivity contribution in [3.8, 4) is 0 Å². The Morgan fingerprint density at radius 3 is 2.67 bits per heavy atom. The van der Waals surface area contributed by atoms with Crippen LogP contribution in [0.2, 0.25) is 0 Å². The molecule has 18 heavy (non-hydrogen) atoms. The van der Waals surface area contributed by atoms with E-state index >= 15 is 0 Å². The maximum atomic E-state index is 3.86. The monoisotopic (exact) mass is 243 g/mol. The SMILES string of the molecule is C=CCC(CCC)c1c[nH]c2ccccc12.CC. The molecule has 0 aliphatic heterocycles. The maximum Gasteiger partial charge on any atom is 0.0456 e. The molecule has 0 amide bonds. The summed E-state index contributed by atoms with van der Waals surface area (Å²) in [6.07, 6.45) is 7.71. The lowest BCUT2D eigenvalue weighted by Gasteiger charge is -2.13. The molecule has 1 aromatic carbocycles. The number of fused-ring (bicyclic) bond motifs is 1. The summed E-state index contributed by atoms with van der Waals surface area (Å²) in [5.74, 6) is 0.610. The number of para-hydroxylation sites is 1. The van der Waals surface area contributed by atoms with Crippen molar-refractivity contribution < 1.29 is 0 Å². The molecule has 1 heteroatoms. The van der Waals surface area contributed by atoms with E-state index in [-0.39, 0.29) is 0 Å². The smallest absolute Gasteiger partial charge is 0.0456 e. The summed E-state index contributed by atoms with van der Waals surface area (Å²) in [5, 5.41) is 1.36. The number of allylic oxidation sites excluding steroid dienone is 1. The van der Waals surface area contributed by atoms with E-state index in [0.29, 0.717) is 5.92 Å². The summed E-state index contributed by atoms with van der Waals surface area (Å²) >= 11 is 0. The van der Waals surface area contributed by atoms with Crippen LogP contribution < -0.4 is 0 Å². The van der Waals surface area contributed by atoms with E-state index in [9.17, 15) is 0 Å². The van der Waals surface area contributed by atoms with Gasteiger partial charge in [-0.15, -0.1) is 6.58 Å². The van der Waals surface area contributed by atoms with Gasteiger partial charge >= 0.3 is 0 Å². The van der Waals surface area contributed by atoms with Gasteiger partial charge in [0.25, 0.3) is 0 Å². The molecule has 0 fully saturated rings. The van der Waals surface area contributed by atoms with Gasteiger partial charge in [-0.25, -0.2) is 0 Å². The number of benzene rings is 1. The highest BCUT2D eigenvalue weighted by molar-refractivity contribution is 5.83. The Balaban J connectivity index is 0.000000771. The molecule has 0 aliphatic rings. The standard InChI is InChI=1S/C15H19N.C2H6/c1-3-7-12(8-4-2)14-11-16-15-10-6-5-9-13(14)15;1-2/h3,5-6,9-12,16H,1,4,7-8H2,2H3;1-2H3. The summed E-state index contributed by atoms with van der Waals surface area (Å²) in [6, 6.07) is 8.52. The summed E-state index contributed by atoms with van der Waals surface area (Å²) < 4.78 is 0. The maximum absolute atomic E-state index is 3.86. The number of rotatable bonds is 5. The normalized spacial score (nSPS) is 11.7. The van der Waals surface area contributed by atoms with Crippen molar-refractivity contribution in [2.24, 2.45) is 0 Å². The quantitative estimate of drug-likeness (QED) is 0.653. The summed E-state index contributed by atoms with van der Waals surface area (Å²) in [7, 11) is 0. The highest BCUT2D eigenvalue weighted by atomic mass is 14.7. The Bertz CT molecular complexity index is 467. The molecule has 0 radical (unpaired) electrons. The zero-order chi connectivity index (χ0) is 13.4. The number of aromatic amines is 1. The van der Waals surface area contributed by atoms with Crippen molar-refractivity contribution in [3.05, 3.63) is 48.7 Å². The van der Waals surface area contributed by atoms with Gasteiger partial charge in [-0.3, -0.25) is 0 Å². The Labute approximate surface area is 111 Å². The molecule has 1 heterocycles. The van der Waals surface area contributed by atoms with E-state index in [2.05, 4.69) is 48.9 Å². The molecule has 1 aromatic heterocycles. The molecular weight excluding hydrogens is 218 g/mol. The predicted molar refractivity (Wildman–Crippen MR) is 82.1 cm³/mol. The van der Waals surface area contributed by atoms with Crippen LogP contribution in [-0.4, -0.2) is 4.98 Å². The fraction of sp³-hybridized carbons (Fsp3) is 0.412. The molecule has 2 aromatic rings. The molecule has 98 valence electrons. The van der Waals surface area contributed by atoms with Crippen LogP contribution >= 0.6 is 0 Å². The average molecular weight is 243 g/mol. The first-order valence-electron chi connectivity index (χ1n) is 7.03. The van der Waals surface area contributed by atoms with Gasteiger partial charge in [0.2, 0.25) is 0 Å². The van der Waals surface area contributed by atoms with Crippen LogP contribution in [0.25, 0.3) is 10.9 Å². The summed E-state index contributed by atoms with van der Waals surface area (Å²) in [6.45, 7) is 10.1. The van der Waals surface area contributed by atoms with Gasteiger partial charge in [-0.1, -0.05) is 51.5 Å². The Hall–Kier alpha value is -1.50. The number of nitrogens with one attached hydrogen (secondary N) is 1. The van der Waals surface area contributed by atoms with Crippen LogP contribution in [0.5, 0.6) is 0 Å². The van der Waals surface area contributed by atoms with E-state index in [1.54, 1.807) is 0 Å². The molecule has 1 nitrogen and oxygen atoms in total. The minimum absolute atomic E-state index is 0.610. The van der Waals surface area contributed by atoms with Crippen LogP contribution in [0.15, 0.2) is 43.1 Å². The number of H-pyrrole nitrogens is 1. The van der Waals surface area contributed by atoms with Crippen molar-refractivity contribution >= 4 is 10.9 Å². The van der Waals surface area contributed by atoms with Crippen LogP contribution in [0.4, 0.5) is 0 Å². The third-order valence-corrected chi connectivity index (χ3v) is 3.15. The van der Waals surface area contributed by atoms with Crippen molar-refractivity contribution in [1.29, 1.82) is 0 Å². The van der Waals surface area contributed by atoms with Crippen LogP contribution in [0.1, 0.15) is 51.5 Å². The zero-order valence-electron chi connectivity index (χ0n) is 11.9. The second kappa shape index (κ2) is 7.75. The molecule has 1 atom stereocenters. The summed E-state index contributed by atoms with van der Waals surface area (Å²) in [5.41, 5.74) is 2.68. The molecule has 0 saturated heterocycles. The third-order valence-electron chi connectivity index (χ3n) is 3.15. The third kappa shape index (κ3) is 3.25. The topological polar surface area (TPSA) is 15.8 Å². The lowest BCUT2D eigenvalue weighted by molar-refractivity contribution is 0.625. The minimum atomic E-state index is 0.610. The van der Waals surface area contributed by atoms with Crippen LogP contribution in [-0.2, 0) is 0 Å². The van der Waals surface area contributed by atoms with E-state index in [1.165, 1.54) is 29.3 Å². The first kappa shape index (κ1) is 14.6.